The molecule has 1 aliphatic rings. The van der Waals surface area contributed by atoms with E-state index in [2.05, 4.69) is 5.32 Å². The second-order valence-corrected chi connectivity index (χ2v) is 5.98. The highest BCUT2D eigenvalue weighted by molar-refractivity contribution is 6.04. The highest BCUT2D eigenvalue weighted by Crippen LogP contribution is 2.21. The number of ether oxygens (including phenoxy) is 1. The number of furan rings is 1. The molecule has 0 bridgehead atoms. The van der Waals surface area contributed by atoms with Gasteiger partial charge in [-0.05, 0) is 49.2 Å². The van der Waals surface area contributed by atoms with Gasteiger partial charge in [-0.15, -0.1) is 0 Å². The van der Waals surface area contributed by atoms with Crippen LogP contribution >= 0.6 is 0 Å². The molecule has 1 aliphatic heterocycles. The van der Waals surface area contributed by atoms with Gasteiger partial charge in [0.2, 0.25) is 5.91 Å². The van der Waals surface area contributed by atoms with E-state index < -0.39 is 24.4 Å². The van der Waals surface area contributed by atoms with E-state index in [4.69, 9.17) is 9.15 Å². The second-order valence-electron chi connectivity index (χ2n) is 5.98. The topological polar surface area (TPSA) is 106 Å². The lowest BCUT2D eigenvalue weighted by atomic mass is 10.1. The van der Waals surface area contributed by atoms with E-state index >= 15 is 0 Å². The van der Waals surface area contributed by atoms with Gasteiger partial charge in [0.1, 0.15) is 0 Å². The zero-order chi connectivity index (χ0) is 19.2. The standard InChI is InChI=1S/C19H18N2O6/c22-16(20-18(24)15-4-3-11-26-15)12-27-19(25)13-6-8-14(9-7-13)21-10-2-1-5-17(21)23/h3-4,6-9,11H,1-2,5,10,12H2,(H,20,22,24). The predicted molar refractivity (Wildman–Crippen MR) is 94.1 cm³/mol. The van der Waals surface area contributed by atoms with Gasteiger partial charge in [-0.3, -0.25) is 19.7 Å². The van der Waals surface area contributed by atoms with Crippen LogP contribution < -0.4 is 10.2 Å². The quantitative estimate of drug-likeness (QED) is 0.806. The minimum Gasteiger partial charge on any atom is -0.459 e. The first-order valence-corrected chi connectivity index (χ1v) is 8.50. The van der Waals surface area contributed by atoms with Crippen LogP contribution in [0.4, 0.5) is 5.69 Å². The average Bonchev–Trinajstić information content (AvgIpc) is 3.22. The van der Waals surface area contributed by atoms with Crippen LogP contribution in [0.5, 0.6) is 0 Å². The van der Waals surface area contributed by atoms with Gasteiger partial charge in [-0.2, -0.15) is 0 Å². The van der Waals surface area contributed by atoms with Crippen molar-refractivity contribution in [3.63, 3.8) is 0 Å². The van der Waals surface area contributed by atoms with Crippen molar-refractivity contribution in [3.8, 4) is 0 Å². The number of piperidine rings is 1. The van der Waals surface area contributed by atoms with Gasteiger partial charge in [0.05, 0.1) is 11.8 Å². The molecular weight excluding hydrogens is 352 g/mol. The molecule has 0 spiro atoms. The van der Waals surface area contributed by atoms with Crippen LogP contribution in [0, 0.1) is 0 Å². The van der Waals surface area contributed by atoms with Gasteiger partial charge in [0.25, 0.3) is 11.8 Å². The number of rotatable bonds is 5. The molecule has 1 aromatic carbocycles. The Balaban J connectivity index is 1.51. The predicted octanol–water partition coefficient (Wildman–Crippen LogP) is 1.91. The van der Waals surface area contributed by atoms with Gasteiger partial charge in [0.15, 0.2) is 12.4 Å². The van der Waals surface area contributed by atoms with Crippen molar-refractivity contribution in [1.29, 1.82) is 0 Å². The van der Waals surface area contributed by atoms with Crippen molar-refractivity contribution in [2.45, 2.75) is 19.3 Å². The van der Waals surface area contributed by atoms with Gasteiger partial charge in [-0.1, -0.05) is 0 Å². The zero-order valence-corrected chi connectivity index (χ0v) is 14.5. The third-order valence-electron chi connectivity index (χ3n) is 4.07. The number of amides is 3. The monoisotopic (exact) mass is 370 g/mol. The van der Waals surface area contributed by atoms with Crippen molar-refractivity contribution in [1.82, 2.24) is 5.32 Å². The van der Waals surface area contributed by atoms with Crippen LogP contribution in [0.3, 0.4) is 0 Å². The summed E-state index contributed by atoms with van der Waals surface area (Å²) in [6, 6.07) is 9.32. The summed E-state index contributed by atoms with van der Waals surface area (Å²) in [5.74, 6) is -2.13. The van der Waals surface area contributed by atoms with Crippen LogP contribution in [0.15, 0.2) is 47.1 Å². The molecule has 140 valence electrons. The first-order chi connectivity index (χ1) is 13.0. The van der Waals surface area contributed by atoms with Crippen LogP contribution in [0.2, 0.25) is 0 Å². The van der Waals surface area contributed by atoms with Crippen molar-refractivity contribution >= 4 is 29.4 Å². The number of benzene rings is 1. The maximum absolute atomic E-state index is 12.0. The minimum atomic E-state index is -0.764. The zero-order valence-electron chi connectivity index (χ0n) is 14.5. The normalized spacial score (nSPS) is 13.9. The van der Waals surface area contributed by atoms with Crippen LogP contribution in [0.1, 0.15) is 40.2 Å². The number of carbonyl (C=O) groups is 4. The largest absolute Gasteiger partial charge is 0.459 e. The fraction of sp³-hybridized carbons (Fsp3) is 0.263. The fourth-order valence-corrected chi connectivity index (χ4v) is 2.70. The first kappa shape index (κ1) is 18.4. The summed E-state index contributed by atoms with van der Waals surface area (Å²) in [4.78, 5) is 49.0. The molecule has 8 nitrogen and oxygen atoms in total. The number of anilines is 1. The van der Waals surface area contributed by atoms with Gasteiger partial charge in [0, 0.05) is 18.7 Å². The molecule has 27 heavy (non-hydrogen) atoms. The number of hydrogen-bond donors (Lipinski definition) is 1. The molecule has 3 rings (SSSR count). The Labute approximate surface area is 155 Å². The Bertz CT molecular complexity index is 842. The van der Waals surface area contributed by atoms with E-state index in [1.807, 2.05) is 0 Å². The van der Waals surface area contributed by atoms with Gasteiger partial charge in [-0.25, -0.2) is 4.79 Å². The summed E-state index contributed by atoms with van der Waals surface area (Å²) in [6.07, 6.45) is 3.67. The average molecular weight is 370 g/mol. The molecule has 0 radical (unpaired) electrons. The lowest BCUT2D eigenvalue weighted by Crippen LogP contribution is -2.35. The summed E-state index contributed by atoms with van der Waals surface area (Å²) in [5, 5.41) is 2.05. The molecule has 0 atom stereocenters. The number of hydrogen-bond acceptors (Lipinski definition) is 6. The number of imide groups is 1. The highest BCUT2D eigenvalue weighted by atomic mass is 16.5. The third kappa shape index (κ3) is 4.60. The van der Waals surface area contributed by atoms with Crippen LogP contribution in [0.25, 0.3) is 0 Å². The smallest absolute Gasteiger partial charge is 0.338 e. The van der Waals surface area contributed by atoms with E-state index in [0.717, 1.165) is 18.5 Å². The Morgan fingerprint density at radius 1 is 1.11 bits per heavy atom. The molecule has 0 aliphatic carbocycles. The van der Waals surface area contributed by atoms with E-state index in [1.54, 1.807) is 17.0 Å². The van der Waals surface area contributed by atoms with E-state index in [0.29, 0.717) is 13.0 Å². The lowest BCUT2D eigenvalue weighted by molar-refractivity contribution is -0.123. The maximum atomic E-state index is 12.0. The number of nitrogens with zero attached hydrogens (tertiary/aromatic N) is 1. The number of carbonyl (C=O) groups excluding carboxylic acids is 4. The highest BCUT2D eigenvalue weighted by Gasteiger charge is 2.20. The maximum Gasteiger partial charge on any atom is 0.338 e. The molecule has 1 N–H and O–H groups in total. The molecule has 0 saturated carbocycles. The molecular formula is C19H18N2O6. The van der Waals surface area contributed by atoms with E-state index in [1.165, 1.54) is 30.5 Å². The second kappa shape index (κ2) is 8.31. The molecule has 0 unspecified atom stereocenters. The molecule has 1 aromatic heterocycles. The Kier molecular flexibility index (Phi) is 5.65. The third-order valence-corrected chi connectivity index (χ3v) is 4.07. The molecule has 1 fully saturated rings. The number of nitrogens with one attached hydrogen (secondary N) is 1. The van der Waals surface area contributed by atoms with Crippen molar-refractivity contribution < 1.29 is 28.3 Å². The Hall–Kier alpha value is -3.42. The summed E-state index contributed by atoms with van der Waals surface area (Å²) < 4.78 is 9.76. The minimum absolute atomic E-state index is 0.0162. The Morgan fingerprint density at radius 2 is 1.89 bits per heavy atom. The van der Waals surface area contributed by atoms with E-state index in [-0.39, 0.29) is 17.2 Å². The molecule has 8 heteroatoms. The summed E-state index contributed by atoms with van der Waals surface area (Å²) >= 11 is 0. The van der Waals surface area contributed by atoms with E-state index in [9.17, 15) is 19.2 Å². The van der Waals surface area contributed by atoms with Gasteiger partial charge < -0.3 is 14.1 Å². The Morgan fingerprint density at radius 3 is 2.56 bits per heavy atom. The summed E-state index contributed by atoms with van der Waals surface area (Å²) in [5.41, 5.74) is 0.964. The number of esters is 1. The molecule has 3 amide bonds. The summed E-state index contributed by atoms with van der Waals surface area (Å²) in [6.45, 7) is 0.0597. The van der Waals surface area contributed by atoms with Crippen molar-refractivity contribution in [3.05, 3.63) is 54.0 Å². The molecule has 1 saturated heterocycles. The van der Waals surface area contributed by atoms with Crippen LogP contribution in [-0.4, -0.2) is 36.8 Å². The lowest BCUT2D eigenvalue weighted by Gasteiger charge is -2.26. The fourth-order valence-electron chi connectivity index (χ4n) is 2.70. The molecule has 2 aromatic rings. The van der Waals surface area contributed by atoms with Crippen LogP contribution in [-0.2, 0) is 14.3 Å². The van der Waals surface area contributed by atoms with Gasteiger partial charge >= 0.3 is 5.97 Å². The van der Waals surface area contributed by atoms with Crippen molar-refractivity contribution in [2.75, 3.05) is 18.1 Å². The summed E-state index contributed by atoms with van der Waals surface area (Å²) in [7, 11) is 0. The van der Waals surface area contributed by atoms with Crippen molar-refractivity contribution in [2.24, 2.45) is 0 Å². The molecule has 2 heterocycles. The SMILES string of the molecule is O=C(COC(=O)c1ccc(N2CCCCC2=O)cc1)NC(=O)c1ccco1. The first-order valence-electron chi connectivity index (χ1n) is 8.50.